The van der Waals surface area contributed by atoms with Gasteiger partial charge < -0.3 is 4.90 Å². The molecule has 4 aromatic heterocycles. The van der Waals surface area contributed by atoms with E-state index in [0.29, 0.717) is 5.92 Å². The molecule has 126 valence electrons. The summed E-state index contributed by atoms with van der Waals surface area (Å²) in [5.74, 6) is 2.31. The molecule has 0 saturated carbocycles. The molecule has 5 rings (SSSR count). The van der Waals surface area contributed by atoms with Gasteiger partial charge in [0, 0.05) is 32.3 Å². The van der Waals surface area contributed by atoms with E-state index < -0.39 is 0 Å². The summed E-state index contributed by atoms with van der Waals surface area (Å²) in [5.41, 5.74) is 1.76. The zero-order valence-electron chi connectivity index (χ0n) is 13.9. The Labute approximate surface area is 144 Å². The Balaban J connectivity index is 1.52. The third-order valence-corrected chi connectivity index (χ3v) is 4.93. The molecule has 1 unspecified atom stereocenters. The number of fused-ring (bicyclic) bond motifs is 2. The molecule has 0 bridgehead atoms. The molecule has 0 N–H and O–H groups in total. The summed E-state index contributed by atoms with van der Waals surface area (Å²) in [5, 5.41) is 14.1. The lowest BCUT2D eigenvalue weighted by Gasteiger charge is -2.33. The van der Waals surface area contributed by atoms with Crippen molar-refractivity contribution in [3.8, 4) is 0 Å². The highest BCUT2D eigenvalue weighted by atomic mass is 15.3. The van der Waals surface area contributed by atoms with Crippen LogP contribution in [-0.4, -0.2) is 47.4 Å². The van der Waals surface area contributed by atoms with Gasteiger partial charge in [-0.1, -0.05) is 6.07 Å². The second-order valence-corrected chi connectivity index (χ2v) is 6.47. The molecular formula is C17H18N8. The van der Waals surface area contributed by atoms with Gasteiger partial charge in [0.15, 0.2) is 11.3 Å². The molecular weight excluding hydrogens is 316 g/mol. The number of hydrogen-bond donors (Lipinski definition) is 0. The fourth-order valence-corrected chi connectivity index (χ4v) is 3.72. The quantitative estimate of drug-likeness (QED) is 0.556. The van der Waals surface area contributed by atoms with Gasteiger partial charge in [-0.25, -0.2) is 9.97 Å². The van der Waals surface area contributed by atoms with Crippen LogP contribution in [-0.2, 0) is 7.05 Å². The van der Waals surface area contributed by atoms with Crippen molar-refractivity contribution in [2.45, 2.75) is 18.8 Å². The molecule has 25 heavy (non-hydrogen) atoms. The Morgan fingerprint density at radius 2 is 2.12 bits per heavy atom. The highest BCUT2D eigenvalue weighted by Gasteiger charge is 2.27. The number of aryl methyl sites for hydroxylation is 1. The first-order valence-corrected chi connectivity index (χ1v) is 8.48. The molecule has 1 fully saturated rings. The van der Waals surface area contributed by atoms with E-state index in [1.165, 1.54) is 0 Å². The van der Waals surface area contributed by atoms with Gasteiger partial charge in [-0.15, -0.1) is 10.2 Å². The summed E-state index contributed by atoms with van der Waals surface area (Å²) in [6.45, 7) is 1.85. The topological polar surface area (TPSA) is 77.0 Å². The van der Waals surface area contributed by atoms with Gasteiger partial charge >= 0.3 is 0 Å². The molecule has 1 saturated heterocycles. The minimum atomic E-state index is 0.327. The number of hydrogen-bond acceptors (Lipinski definition) is 6. The highest BCUT2D eigenvalue weighted by Crippen LogP contribution is 2.31. The highest BCUT2D eigenvalue weighted by molar-refractivity contribution is 5.86. The van der Waals surface area contributed by atoms with E-state index in [2.05, 4.69) is 34.6 Å². The lowest BCUT2D eigenvalue weighted by Crippen LogP contribution is -2.35. The standard InChI is InChI=1S/C17H18N8/c1-23-16-13(9-20-23)17(19-11-18-16)24-7-4-5-12(10-24)15-22-21-14-6-2-3-8-25(14)15/h2-3,6,8-9,11-12H,4-5,7,10H2,1H3. The first-order valence-electron chi connectivity index (χ1n) is 8.48. The Hall–Kier alpha value is -3.03. The van der Waals surface area contributed by atoms with E-state index in [4.69, 9.17) is 0 Å². The molecule has 0 amide bonds. The zero-order chi connectivity index (χ0) is 16.8. The molecule has 5 heterocycles. The van der Waals surface area contributed by atoms with E-state index >= 15 is 0 Å². The number of rotatable bonds is 2. The van der Waals surface area contributed by atoms with Crippen LogP contribution in [0.5, 0.6) is 0 Å². The molecule has 1 atom stereocenters. The van der Waals surface area contributed by atoms with Crippen LogP contribution in [0.4, 0.5) is 5.82 Å². The molecule has 8 nitrogen and oxygen atoms in total. The van der Waals surface area contributed by atoms with Crippen LogP contribution in [0.25, 0.3) is 16.7 Å². The van der Waals surface area contributed by atoms with Crippen molar-refractivity contribution in [1.82, 2.24) is 34.3 Å². The predicted molar refractivity (Wildman–Crippen MR) is 93.5 cm³/mol. The van der Waals surface area contributed by atoms with Crippen LogP contribution >= 0.6 is 0 Å². The smallest absolute Gasteiger partial charge is 0.163 e. The molecule has 4 aromatic rings. The van der Waals surface area contributed by atoms with Crippen molar-refractivity contribution in [1.29, 1.82) is 0 Å². The summed E-state index contributed by atoms with van der Waals surface area (Å²) in [6, 6.07) is 5.99. The van der Waals surface area contributed by atoms with Crippen molar-refractivity contribution >= 4 is 22.5 Å². The molecule has 0 radical (unpaired) electrons. The van der Waals surface area contributed by atoms with Crippen molar-refractivity contribution in [2.24, 2.45) is 7.05 Å². The van der Waals surface area contributed by atoms with Crippen LogP contribution in [0.15, 0.2) is 36.9 Å². The number of anilines is 1. The molecule has 0 aromatic carbocycles. The fraction of sp³-hybridized carbons (Fsp3) is 0.353. The fourth-order valence-electron chi connectivity index (χ4n) is 3.72. The van der Waals surface area contributed by atoms with Gasteiger partial charge in [0.25, 0.3) is 0 Å². The average molecular weight is 334 g/mol. The predicted octanol–water partition coefficient (Wildman–Crippen LogP) is 1.79. The third kappa shape index (κ3) is 2.25. The average Bonchev–Trinajstić information content (AvgIpc) is 3.26. The lowest BCUT2D eigenvalue weighted by atomic mass is 9.97. The van der Waals surface area contributed by atoms with E-state index in [1.807, 2.05) is 37.6 Å². The molecule has 8 heteroatoms. The Morgan fingerprint density at radius 1 is 1.16 bits per heavy atom. The Kier molecular flexibility index (Phi) is 3.16. The van der Waals surface area contributed by atoms with E-state index in [-0.39, 0.29) is 0 Å². The summed E-state index contributed by atoms with van der Waals surface area (Å²) in [6.07, 6.45) is 7.70. The van der Waals surface area contributed by atoms with Crippen LogP contribution < -0.4 is 4.90 Å². The van der Waals surface area contributed by atoms with Gasteiger partial charge in [0.2, 0.25) is 0 Å². The minimum absolute atomic E-state index is 0.327. The largest absolute Gasteiger partial charge is 0.355 e. The molecule has 1 aliphatic heterocycles. The molecule has 1 aliphatic rings. The van der Waals surface area contributed by atoms with Gasteiger partial charge in [-0.3, -0.25) is 9.08 Å². The van der Waals surface area contributed by atoms with Crippen LogP contribution in [0.1, 0.15) is 24.6 Å². The maximum atomic E-state index is 4.54. The van der Waals surface area contributed by atoms with Crippen molar-refractivity contribution < 1.29 is 0 Å². The number of piperidine rings is 1. The number of pyridine rings is 1. The SMILES string of the molecule is Cn1ncc2c(N3CCCC(c4nnc5ccccn45)C3)ncnc21. The van der Waals surface area contributed by atoms with Crippen molar-refractivity contribution in [3.63, 3.8) is 0 Å². The number of nitrogens with zero attached hydrogens (tertiary/aromatic N) is 8. The zero-order valence-corrected chi connectivity index (χ0v) is 13.9. The normalized spacial score (nSPS) is 18.3. The van der Waals surface area contributed by atoms with Crippen molar-refractivity contribution in [3.05, 3.63) is 42.7 Å². The van der Waals surface area contributed by atoms with Crippen LogP contribution in [0.3, 0.4) is 0 Å². The number of aromatic nitrogens is 7. The summed E-state index contributed by atoms with van der Waals surface area (Å²) in [7, 11) is 1.90. The second kappa shape index (κ2) is 5.51. The van der Waals surface area contributed by atoms with Crippen LogP contribution in [0, 0.1) is 0 Å². The van der Waals surface area contributed by atoms with E-state index in [0.717, 1.165) is 54.3 Å². The minimum Gasteiger partial charge on any atom is -0.355 e. The monoisotopic (exact) mass is 334 g/mol. The van der Waals surface area contributed by atoms with E-state index in [1.54, 1.807) is 11.0 Å². The summed E-state index contributed by atoms with van der Waals surface area (Å²) < 4.78 is 3.88. The summed E-state index contributed by atoms with van der Waals surface area (Å²) in [4.78, 5) is 11.2. The van der Waals surface area contributed by atoms with Gasteiger partial charge in [0.1, 0.15) is 18.0 Å². The molecule has 0 aliphatic carbocycles. The molecule has 0 spiro atoms. The first kappa shape index (κ1) is 14.3. The van der Waals surface area contributed by atoms with Gasteiger partial charge in [-0.2, -0.15) is 5.10 Å². The second-order valence-electron chi connectivity index (χ2n) is 6.47. The van der Waals surface area contributed by atoms with Gasteiger partial charge in [0.05, 0.1) is 11.6 Å². The van der Waals surface area contributed by atoms with Crippen molar-refractivity contribution in [2.75, 3.05) is 18.0 Å². The maximum Gasteiger partial charge on any atom is 0.163 e. The van der Waals surface area contributed by atoms with Gasteiger partial charge in [-0.05, 0) is 25.0 Å². The Morgan fingerprint density at radius 3 is 3.08 bits per heavy atom. The van der Waals surface area contributed by atoms with E-state index in [9.17, 15) is 0 Å². The summed E-state index contributed by atoms with van der Waals surface area (Å²) >= 11 is 0. The third-order valence-electron chi connectivity index (χ3n) is 4.93. The Bertz CT molecular complexity index is 1050. The first-order chi connectivity index (χ1) is 12.3. The maximum absolute atomic E-state index is 4.54. The van der Waals surface area contributed by atoms with Crippen LogP contribution in [0.2, 0.25) is 0 Å². The lowest BCUT2D eigenvalue weighted by molar-refractivity contribution is 0.486.